The average Bonchev–Trinajstić information content (AvgIpc) is 2.55. The SMILES string of the molecule is CC(O)CCCNCC1CCCO1. The van der Waals surface area contributed by atoms with Gasteiger partial charge in [-0.2, -0.15) is 0 Å². The second kappa shape index (κ2) is 6.35. The number of hydrogen-bond donors (Lipinski definition) is 2. The molecule has 0 saturated carbocycles. The van der Waals surface area contributed by atoms with Gasteiger partial charge in [-0.25, -0.2) is 0 Å². The van der Waals surface area contributed by atoms with Gasteiger partial charge in [0.1, 0.15) is 0 Å². The number of aliphatic hydroxyl groups excluding tert-OH is 1. The summed E-state index contributed by atoms with van der Waals surface area (Å²) in [5.41, 5.74) is 0. The quantitative estimate of drug-likeness (QED) is 0.607. The van der Waals surface area contributed by atoms with Crippen molar-refractivity contribution in [3.63, 3.8) is 0 Å². The summed E-state index contributed by atoms with van der Waals surface area (Å²) in [6, 6.07) is 0. The van der Waals surface area contributed by atoms with Gasteiger partial charge >= 0.3 is 0 Å². The lowest BCUT2D eigenvalue weighted by atomic mass is 10.2. The van der Waals surface area contributed by atoms with E-state index >= 15 is 0 Å². The van der Waals surface area contributed by atoms with Crippen LogP contribution >= 0.6 is 0 Å². The van der Waals surface area contributed by atoms with Gasteiger partial charge in [-0.1, -0.05) is 0 Å². The maximum absolute atomic E-state index is 9.01. The van der Waals surface area contributed by atoms with Crippen LogP contribution in [0.15, 0.2) is 0 Å². The highest BCUT2D eigenvalue weighted by Crippen LogP contribution is 2.10. The minimum atomic E-state index is -0.162. The van der Waals surface area contributed by atoms with Crippen LogP contribution in [0.1, 0.15) is 32.6 Å². The zero-order valence-corrected chi connectivity index (χ0v) is 8.46. The van der Waals surface area contributed by atoms with Crippen molar-refractivity contribution in [1.82, 2.24) is 5.32 Å². The van der Waals surface area contributed by atoms with E-state index in [1.807, 2.05) is 6.92 Å². The van der Waals surface area contributed by atoms with E-state index in [9.17, 15) is 0 Å². The molecular formula is C10H21NO2. The molecule has 0 aromatic heterocycles. The molecule has 2 N–H and O–H groups in total. The predicted octanol–water partition coefficient (Wildman–Crippen LogP) is 0.916. The van der Waals surface area contributed by atoms with Gasteiger partial charge in [-0.15, -0.1) is 0 Å². The number of rotatable bonds is 6. The van der Waals surface area contributed by atoms with Gasteiger partial charge in [0.15, 0.2) is 0 Å². The first-order valence-electron chi connectivity index (χ1n) is 5.29. The third kappa shape index (κ3) is 5.24. The highest BCUT2D eigenvalue weighted by molar-refractivity contribution is 4.67. The van der Waals surface area contributed by atoms with Crippen LogP contribution in [0.2, 0.25) is 0 Å². The van der Waals surface area contributed by atoms with E-state index in [0.29, 0.717) is 6.10 Å². The largest absolute Gasteiger partial charge is 0.393 e. The Morgan fingerprint density at radius 3 is 3.08 bits per heavy atom. The Morgan fingerprint density at radius 2 is 2.46 bits per heavy atom. The van der Waals surface area contributed by atoms with Crippen LogP contribution in [-0.4, -0.2) is 37.0 Å². The van der Waals surface area contributed by atoms with Gasteiger partial charge in [0.25, 0.3) is 0 Å². The minimum Gasteiger partial charge on any atom is -0.393 e. The van der Waals surface area contributed by atoms with Crippen molar-refractivity contribution < 1.29 is 9.84 Å². The molecule has 13 heavy (non-hydrogen) atoms. The molecule has 0 aromatic rings. The first kappa shape index (κ1) is 11.0. The van der Waals surface area contributed by atoms with Gasteiger partial charge in [0.2, 0.25) is 0 Å². The second-order valence-electron chi connectivity index (χ2n) is 3.83. The lowest BCUT2D eigenvalue weighted by molar-refractivity contribution is 0.109. The Kier molecular flexibility index (Phi) is 5.35. The first-order chi connectivity index (χ1) is 6.29. The van der Waals surface area contributed by atoms with Crippen molar-refractivity contribution in [1.29, 1.82) is 0 Å². The van der Waals surface area contributed by atoms with Crippen LogP contribution in [0.5, 0.6) is 0 Å². The molecule has 2 unspecified atom stereocenters. The summed E-state index contributed by atoms with van der Waals surface area (Å²) in [6.07, 6.45) is 4.61. The molecule has 0 aliphatic carbocycles. The van der Waals surface area contributed by atoms with Crippen molar-refractivity contribution in [3.05, 3.63) is 0 Å². The molecule has 1 aliphatic heterocycles. The van der Waals surface area contributed by atoms with Gasteiger partial charge in [0.05, 0.1) is 12.2 Å². The van der Waals surface area contributed by atoms with Crippen molar-refractivity contribution in [3.8, 4) is 0 Å². The monoisotopic (exact) mass is 187 g/mol. The normalized spacial score (nSPS) is 24.9. The molecule has 3 heteroatoms. The summed E-state index contributed by atoms with van der Waals surface area (Å²) < 4.78 is 5.47. The summed E-state index contributed by atoms with van der Waals surface area (Å²) in [5, 5.41) is 12.4. The standard InChI is InChI=1S/C10H21NO2/c1-9(12)4-2-6-11-8-10-5-3-7-13-10/h9-12H,2-8H2,1H3. The van der Waals surface area contributed by atoms with Crippen LogP contribution < -0.4 is 5.32 Å². The topological polar surface area (TPSA) is 41.5 Å². The molecule has 78 valence electrons. The number of nitrogens with one attached hydrogen (secondary N) is 1. The van der Waals surface area contributed by atoms with Crippen molar-refractivity contribution in [2.75, 3.05) is 19.7 Å². The van der Waals surface area contributed by atoms with Crippen LogP contribution in [0.3, 0.4) is 0 Å². The summed E-state index contributed by atoms with van der Waals surface area (Å²) in [4.78, 5) is 0. The van der Waals surface area contributed by atoms with Crippen LogP contribution in [0, 0.1) is 0 Å². The minimum absolute atomic E-state index is 0.162. The zero-order valence-electron chi connectivity index (χ0n) is 8.46. The smallest absolute Gasteiger partial charge is 0.0700 e. The first-order valence-corrected chi connectivity index (χ1v) is 5.29. The molecule has 0 radical (unpaired) electrons. The van der Waals surface area contributed by atoms with E-state index in [0.717, 1.165) is 32.5 Å². The Balaban J connectivity index is 1.83. The molecule has 0 bridgehead atoms. The van der Waals surface area contributed by atoms with E-state index < -0.39 is 0 Å². The van der Waals surface area contributed by atoms with Gasteiger partial charge in [-0.3, -0.25) is 0 Å². The van der Waals surface area contributed by atoms with E-state index in [-0.39, 0.29) is 6.10 Å². The molecule has 1 aliphatic rings. The molecule has 0 spiro atoms. The number of hydrogen-bond acceptors (Lipinski definition) is 3. The molecule has 0 amide bonds. The summed E-state index contributed by atoms with van der Waals surface area (Å²) in [7, 11) is 0. The summed E-state index contributed by atoms with van der Waals surface area (Å²) in [6.45, 7) is 4.73. The molecular weight excluding hydrogens is 166 g/mol. The predicted molar refractivity (Wildman–Crippen MR) is 52.8 cm³/mol. The van der Waals surface area contributed by atoms with Crippen molar-refractivity contribution in [2.45, 2.75) is 44.8 Å². The molecule has 0 aromatic carbocycles. The van der Waals surface area contributed by atoms with E-state index in [1.165, 1.54) is 12.8 Å². The molecule has 1 heterocycles. The van der Waals surface area contributed by atoms with E-state index in [1.54, 1.807) is 0 Å². The van der Waals surface area contributed by atoms with E-state index in [4.69, 9.17) is 9.84 Å². The number of aliphatic hydroxyl groups is 1. The highest BCUT2D eigenvalue weighted by atomic mass is 16.5. The lowest BCUT2D eigenvalue weighted by Gasteiger charge is -2.10. The zero-order chi connectivity index (χ0) is 9.52. The van der Waals surface area contributed by atoms with E-state index in [2.05, 4.69) is 5.32 Å². The fraction of sp³-hybridized carbons (Fsp3) is 1.00. The fourth-order valence-corrected chi connectivity index (χ4v) is 1.59. The third-order valence-corrected chi connectivity index (χ3v) is 2.37. The Bertz CT molecular complexity index is 122. The van der Waals surface area contributed by atoms with Crippen molar-refractivity contribution in [2.24, 2.45) is 0 Å². The van der Waals surface area contributed by atoms with Crippen molar-refractivity contribution >= 4 is 0 Å². The fourth-order valence-electron chi connectivity index (χ4n) is 1.59. The molecule has 3 nitrogen and oxygen atoms in total. The third-order valence-electron chi connectivity index (χ3n) is 2.37. The van der Waals surface area contributed by atoms with Gasteiger partial charge < -0.3 is 15.2 Å². The second-order valence-corrected chi connectivity index (χ2v) is 3.83. The average molecular weight is 187 g/mol. The Hall–Kier alpha value is -0.120. The molecule has 1 rings (SSSR count). The molecule has 1 fully saturated rings. The van der Waals surface area contributed by atoms with Gasteiger partial charge in [-0.05, 0) is 39.2 Å². The molecule has 1 saturated heterocycles. The highest BCUT2D eigenvalue weighted by Gasteiger charge is 2.13. The van der Waals surface area contributed by atoms with Gasteiger partial charge in [0, 0.05) is 13.2 Å². The summed E-state index contributed by atoms with van der Waals surface area (Å²) >= 11 is 0. The number of ether oxygens (including phenoxy) is 1. The van der Waals surface area contributed by atoms with Crippen LogP contribution in [-0.2, 0) is 4.74 Å². The maximum atomic E-state index is 9.01. The maximum Gasteiger partial charge on any atom is 0.0700 e. The Morgan fingerprint density at radius 1 is 1.62 bits per heavy atom. The van der Waals surface area contributed by atoms with Crippen LogP contribution in [0.25, 0.3) is 0 Å². The van der Waals surface area contributed by atoms with Crippen LogP contribution in [0.4, 0.5) is 0 Å². The molecule has 2 atom stereocenters. The summed E-state index contributed by atoms with van der Waals surface area (Å²) in [5.74, 6) is 0. The Labute approximate surface area is 80.5 Å². The lowest BCUT2D eigenvalue weighted by Crippen LogP contribution is -2.27.